The van der Waals surface area contributed by atoms with E-state index in [2.05, 4.69) is 18.7 Å². The van der Waals surface area contributed by atoms with E-state index >= 15 is 0 Å². The van der Waals surface area contributed by atoms with Crippen LogP contribution in [0.25, 0.3) is 0 Å². The second-order valence-corrected chi connectivity index (χ2v) is 7.71. The van der Waals surface area contributed by atoms with Crippen LogP contribution in [-0.4, -0.2) is 36.9 Å². The highest BCUT2D eigenvalue weighted by atomic mass is 16.5. The molecule has 4 nitrogen and oxygen atoms in total. The van der Waals surface area contributed by atoms with Crippen LogP contribution in [0.1, 0.15) is 44.6 Å². The second-order valence-electron chi connectivity index (χ2n) is 7.71. The van der Waals surface area contributed by atoms with Crippen LogP contribution in [0, 0.1) is 5.41 Å². The number of nitrogens with zero attached hydrogens (tertiary/aromatic N) is 1. The van der Waals surface area contributed by atoms with E-state index in [-0.39, 0.29) is 11.3 Å². The van der Waals surface area contributed by atoms with Crippen LogP contribution in [-0.2, 0) is 16.0 Å². The molecule has 4 heteroatoms. The molecule has 1 spiro atoms. The number of methoxy groups -OCH3 is 1. The van der Waals surface area contributed by atoms with Crippen LogP contribution in [0.4, 0.5) is 5.69 Å². The van der Waals surface area contributed by atoms with Gasteiger partial charge >= 0.3 is 0 Å². The standard InChI is InChI=1S/C21H29NO3/c1-16(2)21(24)11-9-20(10-12-21)13-14-22(19(20)23)18-6-4-17(5-7-18)8-15-25-3/h4-7,24H,1,8-15H2,2-3H3. The molecule has 1 heterocycles. The number of carbonyl (C=O) groups excluding carboxylic acids is 1. The molecule has 2 aliphatic rings. The molecule has 136 valence electrons. The van der Waals surface area contributed by atoms with Crippen LogP contribution in [0.5, 0.6) is 0 Å². The van der Waals surface area contributed by atoms with Gasteiger partial charge in [0, 0.05) is 19.3 Å². The number of hydrogen-bond acceptors (Lipinski definition) is 3. The van der Waals surface area contributed by atoms with E-state index in [0.29, 0.717) is 19.4 Å². The maximum atomic E-state index is 13.1. The summed E-state index contributed by atoms with van der Waals surface area (Å²) in [5.41, 5.74) is 1.93. The molecule has 1 amide bonds. The molecule has 1 aromatic rings. The smallest absolute Gasteiger partial charge is 0.233 e. The Balaban J connectivity index is 1.69. The Morgan fingerprint density at radius 2 is 1.84 bits per heavy atom. The van der Waals surface area contributed by atoms with Crippen molar-refractivity contribution in [1.29, 1.82) is 0 Å². The van der Waals surface area contributed by atoms with Gasteiger partial charge in [0.05, 0.1) is 17.6 Å². The average molecular weight is 343 g/mol. The van der Waals surface area contributed by atoms with Gasteiger partial charge in [0.1, 0.15) is 0 Å². The molecule has 1 aliphatic carbocycles. The molecule has 1 aromatic carbocycles. The Bertz CT molecular complexity index is 642. The van der Waals surface area contributed by atoms with E-state index in [9.17, 15) is 9.90 Å². The zero-order chi connectivity index (χ0) is 18.1. The number of anilines is 1. The zero-order valence-electron chi connectivity index (χ0n) is 15.4. The second kappa shape index (κ2) is 6.93. The summed E-state index contributed by atoms with van der Waals surface area (Å²) in [5, 5.41) is 10.6. The first-order valence-corrected chi connectivity index (χ1v) is 9.18. The predicted molar refractivity (Wildman–Crippen MR) is 99.7 cm³/mol. The fraction of sp³-hybridized carbons (Fsp3) is 0.571. The zero-order valence-corrected chi connectivity index (χ0v) is 15.4. The normalized spacial score (nSPS) is 29.4. The topological polar surface area (TPSA) is 49.8 Å². The lowest BCUT2D eigenvalue weighted by Crippen LogP contribution is -2.43. The van der Waals surface area contributed by atoms with Gasteiger partial charge in [0.25, 0.3) is 0 Å². The first-order valence-electron chi connectivity index (χ1n) is 9.18. The van der Waals surface area contributed by atoms with Crippen molar-refractivity contribution in [3.05, 3.63) is 42.0 Å². The molecule has 1 aliphatic heterocycles. The summed E-state index contributed by atoms with van der Waals surface area (Å²) in [4.78, 5) is 15.0. The lowest BCUT2D eigenvalue weighted by atomic mass is 9.66. The van der Waals surface area contributed by atoms with Gasteiger partial charge in [-0.1, -0.05) is 18.7 Å². The molecule has 1 saturated heterocycles. The first-order chi connectivity index (χ1) is 11.9. The van der Waals surface area contributed by atoms with Gasteiger partial charge in [-0.05, 0) is 68.7 Å². The minimum absolute atomic E-state index is 0.223. The summed E-state index contributed by atoms with van der Waals surface area (Å²) in [6.07, 6.45) is 4.53. The van der Waals surface area contributed by atoms with Crippen molar-refractivity contribution in [3.8, 4) is 0 Å². The highest BCUT2D eigenvalue weighted by Crippen LogP contribution is 2.49. The molecule has 0 radical (unpaired) electrons. The summed E-state index contributed by atoms with van der Waals surface area (Å²) >= 11 is 0. The first kappa shape index (κ1) is 18.2. The van der Waals surface area contributed by atoms with Gasteiger partial charge in [0.2, 0.25) is 5.91 Å². The fourth-order valence-electron chi connectivity index (χ4n) is 4.16. The third kappa shape index (κ3) is 3.38. The predicted octanol–water partition coefficient (Wildman–Crippen LogP) is 3.48. The molecule has 0 unspecified atom stereocenters. The molecular weight excluding hydrogens is 314 g/mol. The van der Waals surface area contributed by atoms with Crippen molar-refractivity contribution < 1.29 is 14.6 Å². The van der Waals surface area contributed by atoms with Crippen molar-refractivity contribution in [1.82, 2.24) is 0 Å². The van der Waals surface area contributed by atoms with Crippen LogP contribution >= 0.6 is 0 Å². The maximum absolute atomic E-state index is 13.1. The van der Waals surface area contributed by atoms with Gasteiger partial charge in [-0.15, -0.1) is 0 Å². The van der Waals surface area contributed by atoms with Crippen LogP contribution in [0.3, 0.4) is 0 Å². The highest BCUT2D eigenvalue weighted by Gasteiger charge is 2.51. The average Bonchev–Trinajstić information content (AvgIpc) is 2.93. The summed E-state index contributed by atoms with van der Waals surface area (Å²) in [6.45, 7) is 7.27. The van der Waals surface area contributed by atoms with Crippen molar-refractivity contribution in [2.75, 3.05) is 25.2 Å². The Morgan fingerprint density at radius 1 is 1.20 bits per heavy atom. The highest BCUT2D eigenvalue weighted by molar-refractivity contribution is 6.00. The summed E-state index contributed by atoms with van der Waals surface area (Å²) in [5.74, 6) is 0.223. The largest absolute Gasteiger partial charge is 0.386 e. The molecule has 0 atom stereocenters. The molecule has 1 N–H and O–H groups in total. The minimum Gasteiger partial charge on any atom is -0.386 e. The van der Waals surface area contributed by atoms with Gasteiger partial charge in [-0.25, -0.2) is 0 Å². The molecular formula is C21H29NO3. The van der Waals surface area contributed by atoms with Crippen LogP contribution < -0.4 is 4.90 Å². The Labute approximate surface area is 150 Å². The number of ether oxygens (including phenoxy) is 1. The third-order valence-electron chi connectivity index (χ3n) is 6.18. The van der Waals surface area contributed by atoms with Crippen LogP contribution in [0.2, 0.25) is 0 Å². The summed E-state index contributed by atoms with van der Waals surface area (Å²) in [6, 6.07) is 8.23. The van der Waals surface area contributed by atoms with Gasteiger partial charge in [-0.3, -0.25) is 4.79 Å². The molecule has 2 fully saturated rings. The monoisotopic (exact) mass is 343 g/mol. The number of hydrogen-bond donors (Lipinski definition) is 1. The number of aliphatic hydroxyl groups is 1. The van der Waals surface area contributed by atoms with Crippen molar-refractivity contribution in [3.63, 3.8) is 0 Å². The quantitative estimate of drug-likeness (QED) is 0.833. The van der Waals surface area contributed by atoms with Crippen molar-refractivity contribution >= 4 is 11.6 Å². The van der Waals surface area contributed by atoms with Gasteiger partial charge < -0.3 is 14.7 Å². The Morgan fingerprint density at radius 3 is 2.40 bits per heavy atom. The van der Waals surface area contributed by atoms with E-state index in [1.165, 1.54) is 5.56 Å². The maximum Gasteiger partial charge on any atom is 0.233 e. The Hall–Kier alpha value is -1.65. The van der Waals surface area contributed by atoms with E-state index in [4.69, 9.17) is 4.74 Å². The van der Waals surface area contributed by atoms with E-state index in [1.54, 1.807) is 7.11 Å². The number of benzene rings is 1. The minimum atomic E-state index is -0.790. The van der Waals surface area contributed by atoms with Gasteiger partial charge in [-0.2, -0.15) is 0 Å². The van der Waals surface area contributed by atoms with Crippen LogP contribution in [0.15, 0.2) is 36.4 Å². The van der Waals surface area contributed by atoms with E-state index in [0.717, 1.165) is 43.5 Å². The van der Waals surface area contributed by atoms with E-state index < -0.39 is 5.60 Å². The summed E-state index contributed by atoms with van der Waals surface area (Å²) < 4.78 is 5.11. The Kier molecular flexibility index (Phi) is 5.03. The summed E-state index contributed by atoms with van der Waals surface area (Å²) in [7, 11) is 1.70. The molecule has 1 saturated carbocycles. The van der Waals surface area contributed by atoms with Gasteiger partial charge in [0.15, 0.2) is 0 Å². The van der Waals surface area contributed by atoms with Crippen molar-refractivity contribution in [2.45, 2.75) is 51.0 Å². The molecule has 25 heavy (non-hydrogen) atoms. The molecule has 0 aromatic heterocycles. The van der Waals surface area contributed by atoms with Crippen molar-refractivity contribution in [2.24, 2.45) is 5.41 Å². The number of rotatable bonds is 5. The number of carbonyl (C=O) groups is 1. The fourth-order valence-corrected chi connectivity index (χ4v) is 4.16. The lowest BCUT2D eigenvalue weighted by Gasteiger charge is -2.41. The SMILES string of the molecule is C=C(C)C1(O)CCC2(CCN(c3ccc(CCOC)cc3)C2=O)CC1. The molecule has 0 bridgehead atoms. The number of amides is 1. The van der Waals surface area contributed by atoms with E-state index in [1.807, 2.05) is 24.0 Å². The molecule has 3 rings (SSSR count). The lowest BCUT2D eigenvalue weighted by molar-refractivity contribution is -0.129. The third-order valence-corrected chi connectivity index (χ3v) is 6.18.